The summed E-state index contributed by atoms with van der Waals surface area (Å²) in [7, 11) is 1.53. The highest BCUT2D eigenvalue weighted by atomic mass is 35.7. The number of amides is 2. The van der Waals surface area contributed by atoms with E-state index in [1.807, 2.05) is 0 Å². The van der Waals surface area contributed by atoms with Crippen LogP contribution in [0.4, 0.5) is 5.69 Å². The number of imide groups is 1. The first-order valence-corrected chi connectivity index (χ1v) is 8.86. The summed E-state index contributed by atoms with van der Waals surface area (Å²) in [6.45, 7) is 4.95. The highest BCUT2D eigenvalue weighted by molar-refractivity contribution is 8.13. The van der Waals surface area contributed by atoms with E-state index in [4.69, 9.17) is 10.7 Å². The van der Waals surface area contributed by atoms with E-state index in [2.05, 4.69) is 0 Å². The van der Waals surface area contributed by atoms with Crippen molar-refractivity contribution in [2.45, 2.75) is 44.9 Å². The number of hydrogen-bond donors (Lipinski definition) is 0. The van der Waals surface area contributed by atoms with E-state index >= 15 is 0 Å². The zero-order valence-corrected chi connectivity index (χ0v) is 13.6. The number of aryl methyl sites for hydroxylation is 2. The molecule has 0 N–H and O–H groups in total. The number of halogens is 1. The van der Waals surface area contributed by atoms with Gasteiger partial charge in [0.25, 0.3) is 9.05 Å². The predicted octanol–water partition coefficient (Wildman–Crippen LogP) is 2.58. The van der Waals surface area contributed by atoms with Crippen LogP contribution >= 0.6 is 10.7 Å². The van der Waals surface area contributed by atoms with Crippen molar-refractivity contribution in [3.05, 3.63) is 22.8 Å². The van der Waals surface area contributed by atoms with Gasteiger partial charge in [0.05, 0.1) is 10.6 Å². The van der Waals surface area contributed by atoms with Gasteiger partial charge >= 0.3 is 0 Å². The molecular weight excluding hydrogens is 314 g/mol. The fraction of sp³-hybridized carbons (Fsp3) is 0.429. The van der Waals surface area contributed by atoms with Crippen molar-refractivity contribution in [3.63, 3.8) is 0 Å². The predicted molar refractivity (Wildman–Crippen MR) is 80.0 cm³/mol. The normalized spacial score (nSPS) is 16.5. The molecule has 7 heteroatoms. The van der Waals surface area contributed by atoms with Crippen molar-refractivity contribution >= 4 is 37.2 Å². The monoisotopic (exact) mass is 329 g/mol. The molecule has 21 heavy (non-hydrogen) atoms. The minimum absolute atomic E-state index is 0.0315. The van der Waals surface area contributed by atoms with Crippen molar-refractivity contribution in [3.8, 4) is 0 Å². The molecule has 1 aromatic carbocycles. The highest BCUT2D eigenvalue weighted by Gasteiger charge is 2.32. The first-order valence-electron chi connectivity index (χ1n) is 6.56. The third-order valence-electron chi connectivity index (χ3n) is 3.61. The summed E-state index contributed by atoms with van der Waals surface area (Å²) in [4.78, 5) is 25.2. The second kappa shape index (κ2) is 5.42. The van der Waals surface area contributed by atoms with Crippen LogP contribution in [0.1, 0.15) is 36.0 Å². The van der Waals surface area contributed by atoms with Crippen LogP contribution < -0.4 is 4.90 Å². The Balaban J connectivity index is 2.75. The van der Waals surface area contributed by atoms with Crippen molar-refractivity contribution in [2.24, 2.45) is 0 Å². The lowest BCUT2D eigenvalue weighted by atomic mass is 10.0. The molecule has 0 saturated carbocycles. The fourth-order valence-corrected chi connectivity index (χ4v) is 4.50. The minimum Gasteiger partial charge on any atom is -0.274 e. The topological polar surface area (TPSA) is 71.5 Å². The number of hydrogen-bond acceptors (Lipinski definition) is 4. The maximum Gasteiger partial charge on any atom is 0.261 e. The Bertz CT molecular complexity index is 724. The summed E-state index contributed by atoms with van der Waals surface area (Å²) in [6.07, 6.45) is 1.09. The maximum absolute atomic E-state index is 12.1. The van der Waals surface area contributed by atoms with E-state index in [1.165, 1.54) is 0 Å². The van der Waals surface area contributed by atoms with Crippen LogP contribution in [-0.2, 0) is 18.6 Å². The second-order valence-electron chi connectivity index (χ2n) is 5.23. The molecule has 0 spiro atoms. The Morgan fingerprint density at radius 1 is 1.05 bits per heavy atom. The van der Waals surface area contributed by atoms with Crippen LogP contribution in [0.15, 0.2) is 11.0 Å². The summed E-state index contributed by atoms with van der Waals surface area (Å²) in [5.41, 5.74) is 1.86. The van der Waals surface area contributed by atoms with Crippen LogP contribution in [0.3, 0.4) is 0 Å². The minimum atomic E-state index is -3.95. The Morgan fingerprint density at radius 3 is 2.05 bits per heavy atom. The van der Waals surface area contributed by atoms with Gasteiger partial charge in [-0.05, 0) is 43.9 Å². The van der Waals surface area contributed by atoms with Gasteiger partial charge in [0.2, 0.25) is 11.8 Å². The van der Waals surface area contributed by atoms with E-state index in [1.54, 1.807) is 26.8 Å². The van der Waals surface area contributed by atoms with Gasteiger partial charge < -0.3 is 0 Å². The maximum atomic E-state index is 12.1. The Kier molecular flexibility index (Phi) is 4.13. The van der Waals surface area contributed by atoms with Gasteiger partial charge in [-0.25, -0.2) is 13.3 Å². The molecule has 1 saturated heterocycles. The lowest BCUT2D eigenvalue weighted by molar-refractivity contribution is -0.129. The van der Waals surface area contributed by atoms with Gasteiger partial charge in [-0.1, -0.05) is 6.07 Å². The van der Waals surface area contributed by atoms with E-state index in [-0.39, 0.29) is 29.6 Å². The third kappa shape index (κ3) is 2.82. The lowest BCUT2D eigenvalue weighted by Crippen LogP contribution is -2.41. The number of rotatable bonds is 2. The number of carbonyl (C=O) groups excluding carboxylic acids is 2. The zero-order chi connectivity index (χ0) is 15.9. The zero-order valence-electron chi connectivity index (χ0n) is 12.1. The summed E-state index contributed by atoms with van der Waals surface area (Å²) in [5.74, 6) is -0.613. The molecule has 0 radical (unpaired) electrons. The quantitative estimate of drug-likeness (QED) is 0.617. The molecule has 0 aliphatic carbocycles. The molecule has 5 nitrogen and oxygen atoms in total. The van der Waals surface area contributed by atoms with Gasteiger partial charge in [0, 0.05) is 23.5 Å². The van der Waals surface area contributed by atoms with Crippen LogP contribution in [0.25, 0.3) is 0 Å². The van der Waals surface area contributed by atoms with Crippen molar-refractivity contribution in [1.82, 2.24) is 0 Å². The lowest BCUT2D eigenvalue weighted by Gasteiger charge is -2.29. The van der Waals surface area contributed by atoms with Crippen molar-refractivity contribution in [2.75, 3.05) is 4.90 Å². The van der Waals surface area contributed by atoms with Crippen molar-refractivity contribution in [1.29, 1.82) is 0 Å². The summed E-state index contributed by atoms with van der Waals surface area (Å²) < 4.78 is 23.5. The van der Waals surface area contributed by atoms with Gasteiger partial charge in [-0.2, -0.15) is 0 Å². The Morgan fingerprint density at radius 2 is 1.57 bits per heavy atom. The second-order valence-corrected chi connectivity index (χ2v) is 7.73. The summed E-state index contributed by atoms with van der Waals surface area (Å²) in [5, 5.41) is 0. The molecule has 1 fully saturated rings. The molecule has 0 bridgehead atoms. The molecular formula is C14H16ClNO4S. The Hall–Kier alpha value is -1.40. The molecule has 0 atom stereocenters. The van der Waals surface area contributed by atoms with Crippen LogP contribution in [-0.4, -0.2) is 20.2 Å². The van der Waals surface area contributed by atoms with Gasteiger partial charge in [0.15, 0.2) is 0 Å². The smallest absolute Gasteiger partial charge is 0.261 e. The third-order valence-corrected chi connectivity index (χ3v) is 5.19. The van der Waals surface area contributed by atoms with Gasteiger partial charge in [-0.3, -0.25) is 9.59 Å². The van der Waals surface area contributed by atoms with Crippen LogP contribution in [0.5, 0.6) is 0 Å². The molecule has 0 unspecified atom stereocenters. The SMILES string of the molecule is Cc1cc(C)c(S(=O)(=O)Cl)c(C)c1N1C(=O)CCCC1=O. The average Bonchev–Trinajstić information content (AvgIpc) is 2.30. The standard InChI is InChI=1S/C14H16ClNO4S/c1-8-7-9(2)14(21(15,19)20)10(3)13(8)16-11(17)5-4-6-12(16)18/h7H,4-6H2,1-3H3. The molecule has 1 aromatic rings. The first kappa shape index (κ1) is 16.0. The van der Waals surface area contributed by atoms with Crippen molar-refractivity contribution < 1.29 is 18.0 Å². The number of benzene rings is 1. The Labute approximate surface area is 128 Å². The number of nitrogens with zero attached hydrogens (tertiary/aromatic N) is 1. The number of piperidine rings is 1. The summed E-state index contributed by atoms with van der Waals surface area (Å²) in [6, 6.07) is 1.63. The molecule has 1 aliphatic rings. The first-order chi connectivity index (χ1) is 9.64. The van der Waals surface area contributed by atoms with Gasteiger partial charge in [0.1, 0.15) is 0 Å². The van der Waals surface area contributed by atoms with E-state index in [9.17, 15) is 18.0 Å². The van der Waals surface area contributed by atoms with E-state index in [0.717, 1.165) is 4.90 Å². The average molecular weight is 330 g/mol. The number of carbonyl (C=O) groups is 2. The molecule has 1 aliphatic heterocycles. The fourth-order valence-electron chi connectivity index (χ4n) is 2.88. The molecule has 1 heterocycles. The molecule has 114 valence electrons. The largest absolute Gasteiger partial charge is 0.274 e. The van der Waals surface area contributed by atoms with Crippen LogP contribution in [0.2, 0.25) is 0 Å². The highest BCUT2D eigenvalue weighted by Crippen LogP contribution is 2.36. The van der Waals surface area contributed by atoms with Crippen LogP contribution in [0, 0.1) is 20.8 Å². The van der Waals surface area contributed by atoms with E-state index < -0.39 is 9.05 Å². The summed E-state index contributed by atoms with van der Waals surface area (Å²) >= 11 is 0. The number of anilines is 1. The van der Waals surface area contributed by atoms with E-state index in [0.29, 0.717) is 28.8 Å². The van der Waals surface area contributed by atoms with Gasteiger partial charge in [-0.15, -0.1) is 0 Å². The molecule has 2 amide bonds. The molecule has 0 aromatic heterocycles. The molecule has 2 rings (SSSR count).